The molecule has 3 heterocycles. The highest BCUT2D eigenvalue weighted by Crippen LogP contribution is 2.31. The van der Waals surface area contributed by atoms with Gasteiger partial charge in [-0.1, -0.05) is 36.4 Å². The number of carboxylic acid groups (broad SMARTS) is 1. The van der Waals surface area contributed by atoms with Crippen molar-refractivity contribution in [3.8, 4) is 22.8 Å². The van der Waals surface area contributed by atoms with Gasteiger partial charge in [-0.3, -0.25) is 4.79 Å². The standard InChI is InChI=1S/C25H17FN4O2.C2HF3O2/c26-19-15-17(9-10-23(19)32-22-12-14-28-24-18(22)11-13-27-24)29-25(31)21-8-4-7-20(30-21)16-5-2-1-3-6-16;3-2(4,5)1(6)7/h1-15H,(H,27,28)(H,29,31);(H,6,7). The number of benzene rings is 2. The molecule has 0 unspecified atom stereocenters. The molecule has 5 rings (SSSR count). The van der Waals surface area contributed by atoms with Crippen molar-refractivity contribution in [1.29, 1.82) is 0 Å². The van der Waals surface area contributed by atoms with Gasteiger partial charge in [-0.05, 0) is 36.4 Å². The summed E-state index contributed by atoms with van der Waals surface area (Å²) in [5, 5.41) is 10.6. The van der Waals surface area contributed by atoms with Gasteiger partial charge in [-0.15, -0.1) is 0 Å². The van der Waals surface area contributed by atoms with Crippen LogP contribution >= 0.6 is 0 Å². The first-order valence-corrected chi connectivity index (χ1v) is 11.2. The number of H-pyrrole nitrogens is 1. The number of nitrogens with one attached hydrogen (secondary N) is 2. The van der Waals surface area contributed by atoms with Crippen LogP contribution in [0.15, 0.2) is 91.3 Å². The molecule has 0 fully saturated rings. The Labute approximate surface area is 217 Å². The first-order chi connectivity index (χ1) is 18.6. The first kappa shape index (κ1) is 26.8. The van der Waals surface area contributed by atoms with Gasteiger partial charge in [0, 0.05) is 29.7 Å². The van der Waals surface area contributed by atoms with E-state index in [0.717, 1.165) is 10.9 Å². The van der Waals surface area contributed by atoms with Gasteiger partial charge in [0.1, 0.15) is 17.1 Å². The van der Waals surface area contributed by atoms with Crippen molar-refractivity contribution in [1.82, 2.24) is 15.0 Å². The molecule has 1 amide bonds. The Balaban J connectivity index is 0.000000448. The quantitative estimate of drug-likeness (QED) is 0.222. The number of aromatic amines is 1. The van der Waals surface area contributed by atoms with Gasteiger partial charge >= 0.3 is 12.1 Å². The van der Waals surface area contributed by atoms with E-state index in [-0.39, 0.29) is 11.4 Å². The first-order valence-electron chi connectivity index (χ1n) is 11.2. The predicted octanol–water partition coefficient (Wildman–Crippen LogP) is 6.44. The summed E-state index contributed by atoms with van der Waals surface area (Å²) < 4.78 is 52.2. The summed E-state index contributed by atoms with van der Waals surface area (Å²) in [5.74, 6) is -3.27. The van der Waals surface area contributed by atoms with Crippen molar-refractivity contribution in [3.63, 3.8) is 0 Å². The number of anilines is 1. The van der Waals surface area contributed by atoms with Crippen LogP contribution in [0.1, 0.15) is 10.5 Å². The van der Waals surface area contributed by atoms with E-state index in [1.54, 1.807) is 42.7 Å². The maximum atomic E-state index is 14.7. The molecule has 3 N–H and O–H groups in total. The largest absolute Gasteiger partial charge is 0.490 e. The number of aromatic nitrogens is 3. The highest BCUT2D eigenvalue weighted by atomic mass is 19.4. The van der Waals surface area contributed by atoms with E-state index in [9.17, 15) is 22.4 Å². The van der Waals surface area contributed by atoms with Crippen LogP contribution in [0, 0.1) is 5.82 Å². The lowest BCUT2D eigenvalue weighted by Gasteiger charge is -2.10. The Morgan fingerprint density at radius 2 is 1.67 bits per heavy atom. The summed E-state index contributed by atoms with van der Waals surface area (Å²) in [5.41, 5.74) is 2.77. The molecule has 0 aliphatic carbocycles. The fraction of sp³-hybridized carbons (Fsp3) is 0.0370. The number of ether oxygens (including phenoxy) is 1. The Hall–Kier alpha value is -5.26. The zero-order valence-corrected chi connectivity index (χ0v) is 19.7. The average molecular weight is 538 g/mol. The highest BCUT2D eigenvalue weighted by Gasteiger charge is 2.38. The van der Waals surface area contributed by atoms with Crippen LogP contribution in [0.5, 0.6) is 11.5 Å². The van der Waals surface area contributed by atoms with Crippen LogP contribution in [-0.4, -0.2) is 38.1 Å². The lowest BCUT2D eigenvalue weighted by molar-refractivity contribution is -0.192. The number of aliphatic carboxylic acids is 1. The number of carbonyl (C=O) groups is 2. The molecular weight excluding hydrogens is 520 g/mol. The van der Waals surface area contributed by atoms with E-state index < -0.39 is 23.9 Å². The normalized spacial score (nSPS) is 10.9. The van der Waals surface area contributed by atoms with E-state index in [1.165, 1.54) is 12.1 Å². The second-order valence-corrected chi connectivity index (χ2v) is 7.83. The molecule has 0 aliphatic heterocycles. The van der Waals surface area contributed by atoms with Crippen LogP contribution in [0.25, 0.3) is 22.3 Å². The van der Waals surface area contributed by atoms with Crippen molar-refractivity contribution in [2.45, 2.75) is 6.18 Å². The third-order valence-electron chi connectivity index (χ3n) is 5.12. The summed E-state index contributed by atoms with van der Waals surface area (Å²) in [6.45, 7) is 0. The predicted molar refractivity (Wildman–Crippen MR) is 134 cm³/mol. The Morgan fingerprint density at radius 1 is 0.923 bits per heavy atom. The molecule has 2 aromatic carbocycles. The monoisotopic (exact) mass is 538 g/mol. The van der Waals surface area contributed by atoms with Gasteiger partial charge in [0.2, 0.25) is 0 Å². The molecule has 198 valence electrons. The number of amides is 1. The molecule has 0 aliphatic rings. The van der Waals surface area contributed by atoms with Crippen LogP contribution in [0.2, 0.25) is 0 Å². The van der Waals surface area contributed by atoms with Crippen molar-refractivity contribution in [2.24, 2.45) is 0 Å². The number of carboxylic acids is 1. The maximum absolute atomic E-state index is 14.7. The number of halogens is 4. The van der Waals surface area contributed by atoms with Gasteiger partial charge < -0.3 is 20.1 Å². The number of alkyl halides is 3. The fourth-order valence-corrected chi connectivity index (χ4v) is 3.33. The molecule has 3 aromatic heterocycles. The minimum Gasteiger partial charge on any atom is -0.475 e. The van der Waals surface area contributed by atoms with Gasteiger partial charge in [0.25, 0.3) is 5.91 Å². The third kappa shape index (κ3) is 6.74. The number of carbonyl (C=O) groups excluding carboxylic acids is 1. The Morgan fingerprint density at radius 3 is 2.36 bits per heavy atom. The highest BCUT2D eigenvalue weighted by molar-refractivity contribution is 6.03. The van der Waals surface area contributed by atoms with Crippen molar-refractivity contribution in [3.05, 3.63) is 103 Å². The van der Waals surface area contributed by atoms with Gasteiger partial charge in [0.05, 0.1) is 11.1 Å². The summed E-state index contributed by atoms with van der Waals surface area (Å²) in [6, 6.07) is 22.5. The van der Waals surface area contributed by atoms with Crippen LogP contribution < -0.4 is 10.1 Å². The summed E-state index contributed by atoms with van der Waals surface area (Å²) >= 11 is 0. The number of hydrogen-bond donors (Lipinski definition) is 3. The Kier molecular flexibility index (Phi) is 7.85. The summed E-state index contributed by atoms with van der Waals surface area (Å²) in [7, 11) is 0. The van der Waals surface area contributed by atoms with Crippen LogP contribution in [0.4, 0.5) is 23.2 Å². The fourth-order valence-electron chi connectivity index (χ4n) is 3.33. The van der Waals surface area contributed by atoms with Gasteiger partial charge in [-0.2, -0.15) is 13.2 Å². The number of fused-ring (bicyclic) bond motifs is 1. The number of nitrogens with zero attached hydrogens (tertiary/aromatic N) is 2. The second kappa shape index (κ2) is 11.4. The molecule has 0 radical (unpaired) electrons. The molecular formula is C27H18F4N4O4. The maximum Gasteiger partial charge on any atom is 0.490 e. The average Bonchev–Trinajstić information content (AvgIpc) is 3.41. The van der Waals surface area contributed by atoms with Crippen molar-refractivity contribution >= 4 is 28.6 Å². The number of pyridine rings is 2. The molecule has 0 spiro atoms. The molecule has 0 bridgehead atoms. The lowest BCUT2D eigenvalue weighted by atomic mass is 10.1. The van der Waals surface area contributed by atoms with Gasteiger partial charge in [0.15, 0.2) is 11.6 Å². The van der Waals surface area contributed by atoms with Crippen LogP contribution in [-0.2, 0) is 4.79 Å². The summed E-state index contributed by atoms with van der Waals surface area (Å²) in [6.07, 6.45) is -1.77. The summed E-state index contributed by atoms with van der Waals surface area (Å²) in [4.78, 5) is 33.1. The molecule has 12 heteroatoms. The zero-order valence-electron chi connectivity index (χ0n) is 19.7. The van der Waals surface area contributed by atoms with E-state index >= 15 is 0 Å². The molecule has 0 saturated carbocycles. The molecule has 0 atom stereocenters. The van der Waals surface area contributed by atoms with Crippen molar-refractivity contribution in [2.75, 3.05) is 5.32 Å². The molecule has 0 saturated heterocycles. The number of rotatable bonds is 5. The van der Waals surface area contributed by atoms with E-state index in [4.69, 9.17) is 14.6 Å². The topological polar surface area (TPSA) is 117 Å². The Bertz CT molecular complexity index is 1620. The van der Waals surface area contributed by atoms with Crippen LogP contribution in [0.3, 0.4) is 0 Å². The minimum atomic E-state index is -5.08. The third-order valence-corrected chi connectivity index (χ3v) is 5.12. The van der Waals surface area contributed by atoms with E-state index in [1.807, 2.05) is 36.4 Å². The van der Waals surface area contributed by atoms with E-state index in [2.05, 4.69) is 20.3 Å². The lowest BCUT2D eigenvalue weighted by Crippen LogP contribution is -2.21. The molecule has 8 nitrogen and oxygen atoms in total. The van der Waals surface area contributed by atoms with Crippen molar-refractivity contribution < 1.29 is 37.0 Å². The second-order valence-electron chi connectivity index (χ2n) is 7.83. The molecule has 39 heavy (non-hydrogen) atoms. The minimum absolute atomic E-state index is 0.0425. The van der Waals surface area contributed by atoms with E-state index in [0.29, 0.717) is 22.8 Å². The number of hydrogen-bond acceptors (Lipinski definition) is 5. The SMILES string of the molecule is O=C(Nc1ccc(Oc2ccnc3[nH]ccc23)c(F)c1)c1cccc(-c2ccccc2)n1.O=C(O)C(F)(F)F. The zero-order chi connectivity index (χ0) is 28.0. The smallest absolute Gasteiger partial charge is 0.475 e. The molecule has 5 aromatic rings. The van der Waals surface area contributed by atoms with Gasteiger partial charge in [-0.25, -0.2) is 19.2 Å².